The van der Waals surface area contributed by atoms with Crippen molar-refractivity contribution in [3.63, 3.8) is 0 Å². The van der Waals surface area contributed by atoms with Crippen LogP contribution in [0.15, 0.2) is 32.4 Å². The standard InChI is InChI=1S/C17H15BrFN3O3/c1-8-14(7-20-24)22(16-9(2)21-25-10(16)3)17(15(8)18)12-5-4-11(23)6-13(12)19/h4-7,23-24H,1-3H3/b20-7+. The summed E-state index contributed by atoms with van der Waals surface area (Å²) in [5, 5.41) is 25.6. The summed E-state index contributed by atoms with van der Waals surface area (Å²) in [4.78, 5) is 0. The van der Waals surface area contributed by atoms with Crippen LogP contribution < -0.4 is 0 Å². The number of halogens is 2. The molecular formula is C17H15BrFN3O3. The van der Waals surface area contributed by atoms with Crippen LogP contribution in [0.2, 0.25) is 0 Å². The molecule has 3 aromatic rings. The number of phenolic OH excluding ortho intramolecular Hbond substituents is 1. The van der Waals surface area contributed by atoms with Crippen LogP contribution in [0.4, 0.5) is 4.39 Å². The monoisotopic (exact) mass is 407 g/mol. The molecule has 2 aromatic heterocycles. The molecular weight excluding hydrogens is 393 g/mol. The first-order valence-electron chi connectivity index (χ1n) is 7.37. The molecule has 0 saturated carbocycles. The number of aromatic hydroxyl groups is 1. The minimum absolute atomic E-state index is 0.165. The molecule has 130 valence electrons. The summed E-state index contributed by atoms with van der Waals surface area (Å²) >= 11 is 3.50. The van der Waals surface area contributed by atoms with Gasteiger partial charge in [-0.15, -0.1) is 0 Å². The third kappa shape index (κ3) is 2.72. The van der Waals surface area contributed by atoms with E-state index in [9.17, 15) is 9.50 Å². The predicted molar refractivity (Wildman–Crippen MR) is 94.2 cm³/mol. The van der Waals surface area contributed by atoms with Crippen molar-refractivity contribution in [2.45, 2.75) is 20.8 Å². The van der Waals surface area contributed by atoms with Crippen molar-refractivity contribution in [1.29, 1.82) is 0 Å². The smallest absolute Gasteiger partial charge is 0.157 e. The van der Waals surface area contributed by atoms with E-state index in [0.717, 1.165) is 11.6 Å². The van der Waals surface area contributed by atoms with Crippen molar-refractivity contribution in [2.75, 3.05) is 0 Å². The molecule has 3 rings (SSSR count). The van der Waals surface area contributed by atoms with Gasteiger partial charge in [0.2, 0.25) is 0 Å². The van der Waals surface area contributed by atoms with Crippen LogP contribution in [0.1, 0.15) is 22.7 Å². The molecule has 0 amide bonds. The van der Waals surface area contributed by atoms with E-state index in [1.807, 2.05) is 6.92 Å². The lowest BCUT2D eigenvalue weighted by Crippen LogP contribution is -2.05. The third-order valence-corrected chi connectivity index (χ3v) is 4.96. The number of hydrogen-bond donors (Lipinski definition) is 2. The molecule has 1 aromatic carbocycles. The Bertz CT molecular complexity index is 972. The van der Waals surface area contributed by atoms with Crippen molar-refractivity contribution < 1.29 is 19.2 Å². The summed E-state index contributed by atoms with van der Waals surface area (Å²) in [7, 11) is 0. The van der Waals surface area contributed by atoms with E-state index >= 15 is 0 Å². The second-order valence-electron chi connectivity index (χ2n) is 5.59. The van der Waals surface area contributed by atoms with Crippen LogP contribution >= 0.6 is 15.9 Å². The molecule has 0 atom stereocenters. The average Bonchev–Trinajstić information content (AvgIpc) is 3.00. The SMILES string of the molecule is Cc1noc(C)c1-n1c(/C=N/O)c(C)c(Br)c1-c1ccc(O)cc1F. The number of rotatable bonds is 3. The third-order valence-electron chi connectivity index (χ3n) is 3.99. The zero-order chi connectivity index (χ0) is 18.3. The molecule has 2 N–H and O–H groups in total. The molecule has 0 unspecified atom stereocenters. The Hall–Kier alpha value is -2.61. The predicted octanol–water partition coefficient (Wildman–Crippen LogP) is 4.47. The molecule has 0 saturated heterocycles. The molecule has 0 aliphatic heterocycles. The van der Waals surface area contributed by atoms with Gasteiger partial charge in [-0.1, -0.05) is 10.3 Å². The van der Waals surface area contributed by atoms with Gasteiger partial charge in [0.05, 0.1) is 17.6 Å². The Morgan fingerprint density at radius 2 is 2.04 bits per heavy atom. The summed E-state index contributed by atoms with van der Waals surface area (Å²) < 4.78 is 22.1. The fourth-order valence-electron chi connectivity index (χ4n) is 2.85. The molecule has 2 heterocycles. The Balaban J connectivity index is 2.45. The molecule has 0 spiro atoms. The number of aryl methyl sites for hydroxylation is 2. The van der Waals surface area contributed by atoms with Crippen LogP contribution in [-0.4, -0.2) is 26.3 Å². The maximum absolute atomic E-state index is 14.5. The first-order valence-corrected chi connectivity index (χ1v) is 8.16. The first-order chi connectivity index (χ1) is 11.9. The van der Waals surface area contributed by atoms with Gasteiger partial charge in [0.25, 0.3) is 0 Å². The number of nitrogens with zero attached hydrogens (tertiary/aromatic N) is 3. The topological polar surface area (TPSA) is 83.8 Å². The number of oxime groups is 1. The van der Waals surface area contributed by atoms with E-state index in [0.29, 0.717) is 33.0 Å². The summed E-state index contributed by atoms with van der Waals surface area (Å²) in [6.07, 6.45) is 1.27. The van der Waals surface area contributed by atoms with Gasteiger partial charge in [0.15, 0.2) is 5.76 Å². The van der Waals surface area contributed by atoms with Crippen molar-refractivity contribution in [3.05, 3.63) is 51.2 Å². The van der Waals surface area contributed by atoms with Gasteiger partial charge >= 0.3 is 0 Å². The number of benzene rings is 1. The lowest BCUT2D eigenvalue weighted by molar-refractivity contribution is 0.321. The lowest BCUT2D eigenvalue weighted by Gasteiger charge is -2.12. The minimum atomic E-state index is -0.585. The second-order valence-corrected chi connectivity index (χ2v) is 6.38. The minimum Gasteiger partial charge on any atom is -0.508 e. The highest BCUT2D eigenvalue weighted by molar-refractivity contribution is 9.10. The molecule has 0 fully saturated rings. The summed E-state index contributed by atoms with van der Waals surface area (Å²) in [6, 6.07) is 3.94. The normalized spacial score (nSPS) is 11.6. The maximum Gasteiger partial charge on any atom is 0.157 e. The highest BCUT2D eigenvalue weighted by Gasteiger charge is 2.26. The van der Waals surface area contributed by atoms with Crippen molar-refractivity contribution in [1.82, 2.24) is 9.72 Å². The average molecular weight is 408 g/mol. The van der Waals surface area contributed by atoms with Crippen LogP contribution in [0.25, 0.3) is 16.9 Å². The fourth-order valence-corrected chi connectivity index (χ4v) is 3.44. The van der Waals surface area contributed by atoms with Crippen LogP contribution in [-0.2, 0) is 0 Å². The maximum atomic E-state index is 14.5. The number of hydrogen-bond acceptors (Lipinski definition) is 5. The molecule has 0 aliphatic carbocycles. The molecule has 0 bridgehead atoms. The van der Waals surface area contributed by atoms with E-state index < -0.39 is 5.82 Å². The van der Waals surface area contributed by atoms with E-state index in [4.69, 9.17) is 9.73 Å². The Labute approximate surface area is 151 Å². The largest absolute Gasteiger partial charge is 0.508 e. The fraction of sp³-hybridized carbons (Fsp3) is 0.176. The molecule has 0 aliphatic rings. The van der Waals surface area contributed by atoms with E-state index in [-0.39, 0.29) is 11.3 Å². The number of phenols is 1. The first kappa shape index (κ1) is 17.2. The summed E-state index contributed by atoms with van der Waals surface area (Å²) in [6.45, 7) is 5.33. The zero-order valence-electron chi connectivity index (χ0n) is 13.7. The summed E-state index contributed by atoms with van der Waals surface area (Å²) in [5.41, 5.74) is 3.30. The Kier molecular flexibility index (Phi) is 4.38. The molecule has 0 radical (unpaired) electrons. The van der Waals surface area contributed by atoms with Crippen molar-refractivity contribution >= 4 is 22.1 Å². The van der Waals surface area contributed by atoms with Gasteiger partial charge in [-0.25, -0.2) is 4.39 Å². The highest BCUT2D eigenvalue weighted by atomic mass is 79.9. The lowest BCUT2D eigenvalue weighted by atomic mass is 10.1. The van der Waals surface area contributed by atoms with E-state index in [2.05, 4.69) is 26.2 Å². The van der Waals surface area contributed by atoms with Gasteiger partial charge in [-0.3, -0.25) is 0 Å². The van der Waals surface area contributed by atoms with Gasteiger partial charge in [-0.2, -0.15) is 0 Å². The van der Waals surface area contributed by atoms with Gasteiger partial charge in [0.1, 0.15) is 22.9 Å². The van der Waals surface area contributed by atoms with Crippen LogP contribution in [0.3, 0.4) is 0 Å². The van der Waals surface area contributed by atoms with Crippen molar-refractivity contribution in [2.24, 2.45) is 5.16 Å². The summed E-state index contributed by atoms with van der Waals surface area (Å²) in [5.74, 6) is -0.214. The van der Waals surface area contributed by atoms with Crippen molar-refractivity contribution in [3.8, 4) is 22.7 Å². The second kappa shape index (κ2) is 6.36. The molecule has 8 heteroatoms. The quantitative estimate of drug-likeness (QED) is 0.381. The van der Waals surface area contributed by atoms with E-state index in [1.165, 1.54) is 18.3 Å². The number of aromatic nitrogens is 2. The van der Waals surface area contributed by atoms with Gasteiger partial charge in [-0.05, 0) is 54.4 Å². The van der Waals surface area contributed by atoms with E-state index in [1.54, 1.807) is 18.4 Å². The van der Waals surface area contributed by atoms with Crippen LogP contribution in [0.5, 0.6) is 5.75 Å². The van der Waals surface area contributed by atoms with Crippen LogP contribution in [0, 0.1) is 26.6 Å². The van der Waals surface area contributed by atoms with Gasteiger partial charge in [0, 0.05) is 16.1 Å². The molecule has 6 nitrogen and oxygen atoms in total. The Morgan fingerprint density at radius 1 is 1.32 bits per heavy atom. The zero-order valence-corrected chi connectivity index (χ0v) is 15.3. The highest BCUT2D eigenvalue weighted by Crippen LogP contribution is 2.40. The van der Waals surface area contributed by atoms with Gasteiger partial charge < -0.3 is 19.4 Å². The molecule has 25 heavy (non-hydrogen) atoms. The Morgan fingerprint density at radius 3 is 2.60 bits per heavy atom.